The summed E-state index contributed by atoms with van der Waals surface area (Å²) in [5.41, 5.74) is 2.95. The summed E-state index contributed by atoms with van der Waals surface area (Å²) in [6.45, 7) is 2.20. The van der Waals surface area contributed by atoms with Crippen LogP contribution < -0.4 is 15.5 Å². The van der Waals surface area contributed by atoms with E-state index >= 15 is 0 Å². The first-order valence-corrected chi connectivity index (χ1v) is 9.26. The Kier molecular flexibility index (Phi) is 4.61. The number of nitrogens with zero attached hydrogens (tertiary/aromatic N) is 1. The Morgan fingerprint density at radius 3 is 2.19 bits per heavy atom. The Morgan fingerprint density at radius 2 is 1.54 bits per heavy atom. The molecule has 1 saturated heterocycles. The SMILES string of the molecule is O=C(Nc1ccc(N2CCCC2)cc1)c1cccc(C(=O)NC2CC2)c1. The van der Waals surface area contributed by atoms with Crippen molar-refractivity contribution in [3.8, 4) is 0 Å². The van der Waals surface area contributed by atoms with Crippen molar-refractivity contribution in [2.75, 3.05) is 23.3 Å². The molecule has 0 bridgehead atoms. The number of nitrogens with one attached hydrogen (secondary N) is 2. The van der Waals surface area contributed by atoms with Gasteiger partial charge in [-0.2, -0.15) is 0 Å². The maximum Gasteiger partial charge on any atom is 0.255 e. The van der Waals surface area contributed by atoms with Crippen molar-refractivity contribution in [3.63, 3.8) is 0 Å². The van der Waals surface area contributed by atoms with Crippen LogP contribution in [-0.2, 0) is 0 Å². The molecule has 2 aliphatic rings. The van der Waals surface area contributed by atoms with Gasteiger partial charge in [-0.1, -0.05) is 6.07 Å². The van der Waals surface area contributed by atoms with E-state index in [2.05, 4.69) is 15.5 Å². The van der Waals surface area contributed by atoms with Gasteiger partial charge in [0.25, 0.3) is 11.8 Å². The number of amides is 2. The third-order valence-electron chi connectivity index (χ3n) is 4.90. The fraction of sp³-hybridized carbons (Fsp3) is 0.333. The summed E-state index contributed by atoms with van der Waals surface area (Å²) in [6.07, 6.45) is 4.56. The molecule has 1 aliphatic carbocycles. The van der Waals surface area contributed by atoms with E-state index in [0.29, 0.717) is 17.2 Å². The van der Waals surface area contributed by atoms with Gasteiger partial charge in [0.1, 0.15) is 0 Å². The number of carbonyl (C=O) groups is 2. The van der Waals surface area contributed by atoms with Crippen LogP contribution in [0.5, 0.6) is 0 Å². The number of rotatable bonds is 5. The second-order valence-corrected chi connectivity index (χ2v) is 7.02. The Labute approximate surface area is 153 Å². The summed E-state index contributed by atoms with van der Waals surface area (Å²) in [7, 11) is 0. The Hall–Kier alpha value is -2.82. The number of anilines is 2. The van der Waals surface area contributed by atoms with Gasteiger partial charge in [-0.25, -0.2) is 0 Å². The van der Waals surface area contributed by atoms with Crippen LogP contribution in [0.25, 0.3) is 0 Å². The Balaban J connectivity index is 1.41. The summed E-state index contributed by atoms with van der Waals surface area (Å²) >= 11 is 0. The summed E-state index contributed by atoms with van der Waals surface area (Å²) < 4.78 is 0. The molecule has 2 aromatic carbocycles. The van der Waals surface area contributed by atoms with Gasteiger partial charge in [0, 0.05) is 41.6 Å². The molecule has 2 aromatic rings. The molecular weight excluding hydrogens is 326 g/mol. The summed E-state index contributed by atoms with van der Waals surface area (Å²) in [6, 6.07) is 15.1. The van der Waals surface area contributed by atoms with Crippen LogP contribution >= 0.6 is 0 Å². The topological polar surface area (TPSA) is 61.4 Å². The summed E-state index contributed by atoms with van der Waals surface area (Å²) in [5, 5.41) is 5.85. The van der Waals surface area contributed by atoms with Crippen molar-refractivity contribution in [1.29, 1.82) is 0 Å². The molecule has 134 valence electrons. The largest absolute Gasteiger partial charge is 0.372 e. The van der Waals surface area contributed by atoms with E-state index in [4.69, 9.17) is 0 Å². The number of carbonyl (C=O) groups excluding carboxylic acids is 2. The van der Waals surface area contributed by atoms with Crippen molar-refractivity contribution in [2.24, 2.45) is 0 Å². The predicted molar refractivity (Wildman–Crippen MR) is 103 cm³/mol. The molecule has 5 nitrogen and oxygen atoms in total. The molecule has 26 heavy (non-hydrogen) atoms. The minimum absolute atomic E-state index is 0.114. The lowest BCUT2D eigenvalue weighted by atomic mass is 10.1. The van der Waals surface area contributed by atoms with Crippen molar-refractivity contribution in [2.45, 2.75) is 31.7 Å². The molecule has 5 heteroatoms. The van der Waals surface area contributed by atoms with Gasteiger partial charge in [0.15, 0.2) is 0 Å². The lowest BCUT2D eigenvalue weighted by molar-refractivity contribution is 0.0951. The molecule has 1 aliphatic heterocycles. The molecule has 0 spiro atoms. The predicted octanol–water partition coefficient (Wildman–Crippen LogP) is 3.43. The van der Waals surface area contributed by atoms with Crippen LogP contribution in [0.4, 0.5) is 11.4 Å². The maximum atomic E-state index is 12.5. The molecule has 2 fully saturated rings. The monoisotopic (exact) mass is 349 g/mol. The summed E-state index contributed by atoms with van der Waals surface area (Å²) in [4.78, 5) is 27.0. The molecule has 2 N–H and O–H groups in total. The van der Waals surface area contributed by atoms with Gasteiger partial charge in [0.05, 0.1) is 0 Å². The summed E-state index contributed by atoms with van der Waals surface area (Å²) in [5.74, 6) is -0.322. The lowest BCUT2D eigenvalue weighted by Gasteiger charge is -2.17. The first-order chi connectivity index (χ1) is 12.7. The molecule has 1 heterocycles. The third kappa shape index (κ3) is 3.87. The van der Waals surface area contributed by atoms with E-state index in [9.17, 15) is 9.59 Å². The van der Waals surface area contributed by atoms with Crippen LogP contribution in [0, 0.1) is 0 Å². The average Bonchev–Trinajstić information content (AvgIpc) is 3.31. The standard InChI is InChI=1S/C21H23N3O2/c25-20(22-17-6-7-17)15-4-3-5-16(14-15)21(26)23-18-8-10-19(11-9-18)24-12-1-2-13-24/h3-5,8-11,14,17H,1-2,6-7,12-13H2,(H,22,25)(H,23,26). The quantitative estimate of drug-likeness (QED) is 0.869. The van der Waals surface area contributed by atoms with Crippen LogP contribution in [0.2, 0.25) is 0 Å². The van der Waals surface area contributed by atoms with E-state index in [1.165, 1.54) is 18.5 Å². The Bertz CT molecular complexity index is 806. The smallest absolute Gasteiger partial charge is 0.255 e. The van der Waals surface area contributed by atoms with Crippen molar-refractivity contribution >= 4 is 23.2 Å². The minimum atomic E-state index is -0.208. The third-order valence-corrected chi connectivity index (χ3v) is 4.90. The fourth-order valence-electron chi connectivity index (χ4n) is 3.23. The van der Waals surface area contributed by atoms with Crippen molar-refractivity contribution in [3.05, 3.63) is 59.7 Å². The first-order valence-electron chi connectivity index (χ1n) is 9.26. The molecule has 2 amide bonds. The lowest BCUT2D eigenvalue weighted by Crippen LogP contribution is -2.25. The minimum Gasteiger partial charge on any atom is -0.372 e. The molecule has 0 unspecified atom stereocenters. The highest BCUT2D eigenvalue weighted by Crippen LogP contribution is 2.22. The van der Waals surface area contributed by atoms with Gasteiger partial charge >= 0.3 is 0 Å². The molecule has 0 radical (unpaired) electrons. The van der Waals surface area contributed by atoms with Crippen LogP contribution in [0.15, 0.2) is 48.5 Å². The van der Waals surface area contributed by atoms with E-state index in [-0.39, 0.29) is 11.8 Å². The van der Waals surface area contributed by atoms with Gasteiger partial charge in [-0.05, 0) is 68.1 Å². The van der Waals surface area contributed by atoms with Crippen LogP contribution in [0.3, 0.4) is 0 Å². The molecule has 0 atom stereocenters. The first kappa shape index (κ1) is 16.6. The van der Waals surface area contributed by atoms with E-state index < -0.39 is 0 Å². The van der Waals surface area contributed by atoms with E-state index in [1.807, 2.05) is 24.3 Å². The zero-order valence-corrected chi connectivity index (χ0v) is 14.7. The second-order valence-electron chi connectivity index (χ2n) is 7.02. The highest BCUT2D eigenvalue weighted by atomic mass is 16.2. The molecule has 1 saturated carbocycles. The number of hydrogen-bond acceptors (Lipinski definition) is 3. The normalized spacial score (nSPS) is 16.4. The highest BCUT2D eigenvalue weighted by Gasteiger charge is 2.24. The van der Waals surface area contributed by atoms with E-state index in [1.54, 1.807) is 24.3 Å². The van der Waals surface area contributed by atoms with Gasteiger partial charge in [-0.15, -0.1) is 0 Å². The average molecular weight is 349 g/mol. The fourth-order valence-corrected chi connectivity index (χ4v) is 3.23. The van der Waals surface area contributed by atoms with Crippen molar-refractivity contribution in [1.82, 2.24) is 5.32 Å². The second kappa shape index (κ2) is 7.20. The van der Waals surface area contributed by atoms with Gasteiger partial charge in [-0.3, -0.25) is 9.59 Å². The highest BCUT2D eigenvalue weighted by molar-refractivity contribution is 6.06. The van der Waals surface area contributed by atoms with Gasteiger partial charge in [0.2, 0.25) is 0 Å². The molecular formula is C21H23N3O2. The Morgan fingerprint density at radius 1 is 0.885 bits per heavy atom. The maximum absolute atomic E-state index is 12.5. The number of hydrogen-bond donors (Lipinski definition) is 2. The zero-order valence-electron chi connectivity index (χ0n) is 14.7. The zero-order chi connectivity index (χ0) is 17.9. The number of benzene rings is 2. The van der Waals surface area contributed by atoms with Crippen LogP contribution in [-0.4, -0.2) is 30.9 Å². The van der Waals surface area contributed by atoms with Crippen molar-refractivity contribution < 1.29 is 9.59 Å². The molecule has 0 aromatic heterocycles. The van der Waals surface area contributed by atoms with E-state index in [0.717, 1.165) is 31.6 Å². The van der Waals surface area contributed by atoms with Crippen LogP contribution in [0.1, 0.15) is 46.4 Å². The molecule has 4 rings (SSSR count). The van der Waals surface area contributed by atoms with Gasteiger partial charge < -0.3 is 15.5 Å².